The second kappa shape index (κ2) is 7.69. The second-order valence-corrected chi connectivity index (χ2v) is 10.00. The molecule has 1 aliphatic rings. The maximum atomic E-state index is 12.2. The number of hydrazone groups is 1. The highest BCUT2D eigenvalue weighted by Gasteiger charge is 2.28. The number of amidine groups is 1. The van der Waals surface area contributed by atoms with E-state index in [-0.39, 0.29) is 0 Å². The van der Waals surface area contributed by atoms with Crippen molar-refractivity contribution in [2.45, 2.75) is 32.1 Å². The van der Waals surface area contributed by atoms with E-state index in [2.05, 4.69) is 26.2 Å². The first-order chi connectivity index (χ1) is 13.2. The third kappa shape index (κ3) is 4.55. The van der Waals surface area contributed by atoms with E-state index in [9.17, 15) is 8.42 Å². The number of nitrogens with one attached hydrogen (secondary N) is 4. The molecule has 0 saturated carbocycles. The maximum Gasteiger partial charge on any atom is 0.237 e. The first kappa shape index (κ1) is 20.0. The van der Waals surface area contributed by atoms with Crippen molar-refractivity contribution in [2.75, 3.05) is 17.1 Å². The minimum absolute atomic E-state index is 0.562. The Balaban J connectivity index is 1.58. The molecule has 2 aromatic carbocycles. The van der Waals surface area contributed by atoms with Crippen molar-refractivity contribution in [3.8, 4) is 0 Å². The Morgan fingerprint density at radius 2 is 1.61 bits per heavy atom. The standard InChI is InChI=1S/C19H26N6O2S/c1-19(2,3)28(26,27)22-17-9-5-14(6-10-17)13-20-16-11-7-15(8-12-16)18-21-23-24-25(18)4/h5-12,20,22-24H,13H2,1-4H3. The van der Waals surface area contributed by atoms with Crippen molar-refractivity contribution in [3.63, 3.8) is 0 Å². The summed E-state index contributed by atoms with van der Waals surface area (Å²) in [5.41, 5.74) is 9.20. The lowest BCUT2D eigenvalue weighted by molar-refractivity contribution is 0.349. The summed E-state index contributed by atoms with van der Waals surface area (Å²) in [5.74, 6) is 0.819. The molecule has 0 atom stereocenters. The Kier molecular flexibility index (Phi) is 5.48. The summed E-state index contributed by atoms with van der Waals surface area (Å²) in [6.07, 6.45) is 0. The summed E-state index contributed by atoms with van der Waals surface area (Å²) in [6.45, 7) is 5.64. The Morgan fingerprint density at radius 1 is 1.00 bits per heavy atom. The molecule has 1 heterocycles. The van der Waals surface area contributed by atoms with Crippen molar-refractivity contribution in [1.82, 2.24) is 16.1 Å². The molecular weight excluding hydrogens is 376 g/mol. The van der Waals surface area contributed by atoms with Crippen molar-refractivity contribution in [1.29, 1.82) is 0 Å². The predicted octanol–water partition coefficient (Wildman–Crippen LogP) is 2.46. The van der Waals surface area contributed by atoms with E-state index in [1.807, 2.05) is 43.4 Å². The molecule has 0 saturated heterocycles. The Bertz CT molecular complexity index is 947. The van der Waals surface area contributed by atoms with E-state index in [0.29, 0.717) is 12.2 Å². The molecule has 0 bridgehead atoms. The van der Waals surface area contributed by atoms with Gasteiger partial charge in [0.25, 0.3) is 0 Å². The van der Waals surface area contributed by atoms with Crippen LogP contribution in [0, 0.1) is 0 Å². The number of nitrogens with zero attached hydrogens (tertiary/aromatic N) is 2. The van der Waals surface area contributed by atoms with E-state index in [4.69, 9.17) is 0 Å². The van der Waals surface area contributed by atoms with Gasteiger partial charge in [0.05, 0.1) is 4.75 Å². The minimum Gasteiger partial charge on any atom is -0.381 e. The van der Waals surface area contributed by atoms with Gasteiger partial charge >= 0.3 is 0 Å². The summed E-state index contributed by atoms with van der Waals surface area (Å²) in [5, 5.41) is 9.33. The van der Waals surface area contributed by atoms with Crippen LogP contribution >= 0.6 is 0 Å². The zero-order valence-corrected chi connectivity index (χ0v) is 17.3. The first-order valence-corrected chi connectivity index (χ1v) is 10.4. The number of sulfonamides is 1. The molecule has 0 amide bonds. The topological polar surface area (TPSA) is 97.9 Å². The van der Waals surface area contributed by atoms with Crippen LogP contribution in [0.5, 0.6) is 0 Å². The molecule has 2 aromatic rings. The molecule has 150 valence electrons. The zero-order chi connectivity index (χ0) is 20.4. The molecule has 0 unspecified atom stereocenters. The van der Waals surface area contributed by atoms with Gasteiger partial charge in [-0.1, -0.05) is 12.1 Å². The van der Waals surface area contributed by atoms with Gasteiger partial charge in [-0.15, -0.1) is 10.6 Å². The molecule has 0 fully saturated rings. The van der Waals surface area contributed by atoms with Gasteiger partial charge in [-0.3, -0.25) is 9.73 Å². The van der Waals surface area contributed by atoms with Gasteiger partial charge in [0.15, 0.2) is 5.84 Å². The van der Waals surface area contributed by atoms with Gasteiger partial charge in [0.1, 0.15) is 0 Å². The predicted molar refractivity (Wildman–Crippen MR) is 113 cm³/mol. The highest BCUT2D eigenvalue weighted by molar-refractivity contribution is 7.94. The van der Waals surface area contributed by atoms with Crippen LogP contribution < -0.4 is 21.1 Å². The quantitative estimate of drug-likeness (QED) is 0.593. The molecule has 4 N–H and O–H groups in total. The van der Waals surface area contributed by atoms with Crippen molar-refractivity contribution < 1.29 is 8.42 Å². The van der Waals surface area contributed by atoms with Gasteiger partial charge in [0, 0.05) is 30.5 Å². The van der Waals surface area contributed by atoms with Gasteiger partial charge in [-0.05, 0) is 62.7 Å². The van der Waals surface area contributed by atoms with E-state index >= 15 is 0 Å². The lowest BCUT2D eigenvalue weighted by atomic mass is 10.1. The van der Waals surface area contributed by atoms with Gasteiger partial charge in [-0.2, -0.15) is 0 Å². The van der Waals surface area contributed by atoms with Crippen LogP contribution in [0.3, 0.4) is 0 Å². The molecule has 8 nitrogen and oxygen atoms in total. The summed E-state index contributed by atoms with van der Waals surface area (Å²) < 4.78 is 26.2. The van der Waals surface area contributed by atoms with Gasteiger partial charge in [-0.25, -0.2) is 14.0 Å². The lowest BCUT2D eigenvalue weighted by Crippen LogP contribution is -2.37. The number of hydrazine groups is 2. The van der Waals surface area contributed by atoms with Crippen LogP contribution in [0.25, 0.3) is 0 Å². The van der Waals surface area contributed by atoms with Crippen LogP contribution in [-0.2, 0) is 16.6 Å². The zero-order valence-electron chi connectivity index (χ0n) is 16.4. The van der Waals surface area contributed by atoms with Crippen LogP contribution in [0.2, 0.25) is 0 Å². The fourth-order valence-electron chi connectivity index (χ4n) is 2.48. The molecule has 1 aliphatic heterocycles. The van der Waals surface area contributed by atoms with Crippen molar-refractivity contribution in [3.05, 3.63) is 59.7 Å². The summed E-state index contributed by atoms with van der Waals surface area (Å²) in [6, 6.07) is 15.3. The van der Waals surface area contributed by atoms with Crippen LogP contribution in [0.15, 0.2) is 53.6 Å². The average molecular weight is 403 g/mol. The lowest BCUT2D eigenvalue weighted by Gasteiger charge is -2.20. The summed E-state index contributed by atoms with van der Waals surface area (Å²) >= 11 is 0. The normalized spacial score (nSPS) is 14.4. The second-order valence-electron chi connectivity index (χ2n) is 7.56. The monoisotopic (exact) mass is 402 g/mol. The molecule has 0 spiro atoms. The number of benzene rings is 2. The molecule has 0 radical (unpaired) electrons. The third-order valence-electron chi connectivity index (χ3n) is 4.35. The molecule has 28 heavy (non-hydrogen) atoms. The van der Waals surface area contributed by atoms with E-state index in [1.54, 1.807) is 37.9 Å². The molecular formula is C19H26N6O2S. The highest BCUT2D eigenvalue weighted by atomic mass is 32.2. The molecule has 0 aromatic heterocycles. The van der Waals surface area contributed by atoms with Crippen molar-refractivity contribution >= 4 is 27.2 Å². The van der Waals surface area contributed by atoms with Crippen LogP contribution in [0.1, 0.15) is 31.9 Å². The Labute approximate surface area is 166 Å². The number of anilines is 2. The smallest absolute Gasteiger partial charge is 0.237 e. The minimum atomic E-state index is -3.42. The number of rotatable bonds is 6. The first-order valence-electron chi connectivity index (χ1n) is 8.93. The maximum absolute atomic E-state index is 12.2. The van der Waals surface area contributed by atoms with E-state index in [0.717, 1.165) is 22.6 Å². The summed E-state index contributed by atoms with van der Waals surface area (Å²) in [4.78, 5) is 0. The molecule has 3 rings (SSSR count). The SMILES string of the molecule is CN1NNN=C1c1ccc(NCc2ccc(NS(=O)(=O)C(C)(C)C)cc2)cc1. The molecule has 0 aliphatic carbocycles. The average Bonchev–Trinajstić information content (AvgIpc) is 3.06. The van der Waals surface area contributed by atoms with Gasteiger partial charge in [0.2, 0.25) is 10.0 Å². The largest absolute Gasteiger partial charge is 0.381 e. The third-order valence-corrected chi connectivity index (χ3v) is 6.47. The van der Waals surface area contributed by atoms with Crippen LogP contribution in [-0.4, -0.2) is 31.1 Å². The Morgan fingerprint density at radius 3 is 2.14 bits per heavy atom. The Hall–Kier alpha value is -2.78. The number of hydrogen-bond donors (Lipinski definition) is 4. The fourth-order valence-corrected chi connectivity index (χ4v) is 3.23. The molecule has 9 heteroatoms. The highest BCUT2D eigenvalue weighted by Crippen LogP contribution is 2.20. The van der Waals surface area contributed by atoms with E-state index in [1.165, 1.54) is 0 Å². The van der Waals surface area contributed by atoms with Gasteiger partial charge < -0.3 is 5.32 Å². The fraction of sp³-hybridized carbons (Fsp3) is 0.316. The summed E-state index contributed by atoms with van der Waals surface area (Å²) in [7, 11) is -1.54. The van der Waals surface area contributed by atoms with Crippen LogP contribution in [0.4, 0.5) is 11.4 Å². The van der Waals surface area contributed by atoms with Crippen molar-refractivity contribution in [2.24, 2.45) is 5.10 Å². The number of hydrogen-bond acceptors (Lipinski definition) is 7. The van der Waals surface area contributed by atoms with E-state index < -0.39 is 14.8 Å².